The van der Waals surface area contributed by atoms with E-state index in [0.717, 1.165) is 12.1 Å². The number of para-hydroxylation sites is 1. The third-order valence-electron chi connectivity index (χ3n) is 2.60. The first-order valence-electron chi connectivity index (χ1n) is 5.85. The summed E-state index contributed by atoms with van der Waals surface area (Å²) in [6.45, 7) is 0.226. The molecule has 0 aliphatic heterocycles. The van der Waals surface area contributed by atoms with Gasteiger partial charge in [-0.15, -0.1) is 10.2 Å². The summed E-state index contributed by atoms with van der Waals surface area (Å²) in [6.07, 6.45) is 1.53. The average molecular weight is 281 g/mol. The molecule has 2 N–H and O–H groups in total. The Morgan fingerprint density at radius 2 is 2.05 bits per heavy atom. The van der Waals surface area contributed by atoms with Gasteiger partial charge < -0.3 is 15.2 Å². The Balaban J connectivity index is 1.85. The largest absolute Gasteiger partial charge is 0.320 e. The lowest BCUT2D eigenvalue weighted by atomic mass is 10.3. The number of halogens is 2. The van der Waals surface area contributed by atoms with Crippen LogP contribution in [0.25, 0.3) is 0 Å². The van der Waals surface area contributed by atoms with E-state index >= 15 is 0 Å². The van der Waals surface area contributed by atoms with Gasteiger partial charge in [-0.1, -0.05) is 6.07 Å². The van der Waals surface area contributed by atoms with E-state index in [0.29, 0.717) is 12.4 Å². The van der Waals surface area contributed by atoms with Crippen LogP contribution in [0.4, 0.5) is 14.5 Å². The maximum Gasteiger partial charge on any atom is 0.238 e. The molecule has 8 heteroatoms. The first kappa shape index (κ1) is 14.1. The minimum absolute atomic E-state index is 0.0966. The normalized spacial score (nSPS) is 10.6. The van der Waals surface area contributed by atoms with Gasteiger partial charge in [0.2, 0.25) is 5.91 Å². The Hall–Kier alpha value is -2.35. The van der Waals surface area contributed by atoms with E-state index in [-0.39, 0.29) is 6.54 Å². The van der Waals surface area contributed by atoms with E-state index in [1.54, 1.807) is 11.6 Å². The van der Waals surface area contributed by atoms with Gasteiger partial charge in [-0.3, -0.25) is 4.79 Å². The number of aryl methyl sites for hydroxylation is 1. The van der Waals surface area contributed by atoms with Gasteiger partial charge in [0, 0.05) is 7.05 Å². The van der Waals surface area contributed by atoms with Crippen molar-refractivity contribution in [1.82, 2.24) is 20.1 Å². The third-order valence-corrected chi connectivity index (χ3v) is 2.60. The molecule has 20 heavy (non-hydrogen) atoms. The second-order valence-electron chi connectivity index (χ2n) is 4.11. The van der Waals surface area contributed by atoms with Crippen molar-refractivity contribution in [2.45, 2.75) is 6.54 Å². The number of carbonyl (C=O) groups is 1. The number of nitrogens with one attached hydrogen (secondary N) is 2. The number of amides is 1. The summed E-state index contributed by atoms with van der Waals surface area (Å²) >= 11 is 0. The van der Waals surface area contributed by atoms with Crippen LogP contribution in [-0.2, 0) is 18.4 Å². The molecule has 6 nitrogen and oxygen atoms in total. The number of anilines is 1. The van der Waals surface area contributed by atoms with Crippen LogP contribution in [0.1, 0.15) is 5.82 Å². The third kappa shape index (κ3) is 3.35. The van der Waals surface area contributed by atoms with Crippen molar-refractivity contribution in [3.05, 3.63) is 42.0 Å². The molecule has 0 aliphatic rings. The highest BCUT2D eigenvalue weighted by atomic mass is 19.1. The van der Waals surface area contributed by atoms with Crippen LogP contribution in [0, 0.1) is 11.6 Å². The number of aromatic nitrogens is 3. The van der Waals surface area contributed by atoms with Crippen LogP contribution in [0.15, 0.2) is 24.5 Å². The lowest BCUT2D eigenvalue weighted by Crippen LogP contribution is -2.29. The molecule has 0 saturated carbocycles. The zero-order chi connectivity index (χ0) is 14.5. The number of rotatable bonds is 5. The van der Waals surface area contributed by atoms with E-state index in [4.69, 9.17) is 0 Å². The minimum Gasteiger partial charge on any atom is -0.320 e. The summed E-state index contributed by atoms with van der Waals surface area (Å²) in [4.78, 5) is 11.6. The summed E-state index contributed by atoms with van der Waals surface area (Å²) < 4.78 is 28.3. The van der Waals surface area contributed by atoms with E-state index < -0.39 is 23.2 Å². The van der Waals surface area contributed by atoms with Gasteiger partial charge >= 0.3 is 0 Å². The second-order valence-corrected chi connectivity index (χ2v) is 4.11. The fraction of sp³-hybridized carbons (Fsp3) is 0.250. The molecule has 0 saturated heterocycles. The van der Waals surface area contributed by atoms with Crippen molar-refractivity contribution in [2.24, 2.45) is 7.05 Å². The zero-order valence-corrected chi connectivity index (χ0v) is 10.7. The number of hydrogen-bond donors (Lipinski definition) is 2. The van der Waals surface area contributed by atoms with Gasteiger partial charge in [0.1, 0.15) is 29.5 Å². The van der Waals surface area contributed by atoms with Gasteiger partial charge in [0.15, 0.2) is 0 Å². The smallest absolute Gasteiger partial charge is 0.238 e. The Labute approximate surface area is 113 Å². The molecule has 0 atom stereocenters. The van der Waals surface area contributed by atoms with Crippen LogP contribution in [0.5, 0.6) is 0 Å². The summed E-state index contributed by atoms with van der Waals surface area (Å²) in [5, 5.41) is 12.5. The molecule has 2 aromatic rings. The van der Waals surface area contributed by atoms with Crippen molar-refractivity contribution in [3.8, 4) is 0 Å². The highest BCUT2D eigenvalue weighted by molar-refractivity contribution is 5.92. The van der Waals surface area contributed by atoms with E-state index in [9.17, 15) is 13.6 Å². The maximum absolute atomic E-state index is 13.3. The average Bonchev–Trinajstić information content (AvgIpc) is 2.80. The fourth-order valence-corrected chi connectivity index (χ4v) is 1.56. The maximum atomic E-state index is 13.3. The van der Waals surface area contributed by atoms with Gasteiger partial charge in [-0.05, 0) is 12.1 Å². The summed E-state index contributed by atoms with van der Waals surface area (Å²) in [7, 11) is 1.77. The molecular weight excluding hydrogens is 268 g/mol. The SMILES string of the molecule is Cn1cnnc1CNCC(=O)Nc1c(F)cccc1F. The molecule has 0 unspecified atom stereocenters. The molecule has 0 radical (unpaired) electrons. The van der Waals surface area contributed by atoms with Gasteiger partial charge in [0.25, 0.3) is 0 Å². The van der Waals surface area contributed by atoms with Crippen LogP contribution < -0.4 is 10.6 Å². The van der Waals surface area contributed by atoms with Crippen LogP contribution in [0.2, 0.25) is 0 Å². The van der Waals surface area contributed by atoms with Gasteiger partial charge in [-0.2, -0.15) is 0 Å². The number of benzene rings is 1. The number of nitrogens with zero attached hydrogens (tertiary/aromatic N) is 3. The fourth-order valence-electron chi connectivity index (χ4n) is 1.56. The molecule has 1 heterocycles. The van der Waals surface area contributed by atoms with Crippen molar-refractivity contribution >= 4 is 11.6 Å². The van der Waals surface area contributed by atoms with Crippen molar-refractivity contribution in [3.63, 3.8) is 0 Å². The molecule has 0 bridgehead atoms. The van der Waals surface area contributed by atoms with E-state index in [1.807, 2.05) is 0 Å². The first-order valence-corrected chi connectivity index (χ1v) is 5.85. The van der Waals surface area contributed by atoms with E-state index in [2.05, 4.69) is 20.8 Å². The Morgan fingerprint density at radius 3 is 2.65 bits per heavy atom. The molecule has 1 amide bonds. The molecular formula is C12H13F2N5O. The molecule has 2 rings (SSSR count). The van der Waals surface area contributed by atoms with Crippen LogP contribution >= 0.6 is 0 Å². The highest BCUT2D eigenvalue weighted by Gasteiger charge is 2.11. The van der Waals surface area contributed by atoms with Crippen molar-refractivity contribution < 1.29 is 13.6 Å². The molecule has 1 aromatic heterocycles. The van der Waals surface area contributed by atoms with Crippen LogP contribution in [-0.4, -0.2) is 27.2 Å². The minimum atomic E-state index is -0.813. The molecule has 0 fully saturated rings. The van der Waals surface area contributed by atoms with E-state index in [1.165, 1.54) is 12.4 Å². The summed E-state index contributed by atoms with van der Waals surface area (Å²) in [5.74, 6) is -1.52. The first-order chi connectivity index (χ1) is 9.58. The molecule has 106 valence electrons. The topological polar surface area (TPSA) is 71.8 Å². The zero-order valence-electron chi connectivity index (χ0n) is 10.7. The van der Waals surface area contributed by atoms with Gasteiger partial charge in [-0.25, -0.2) is 8.78 Å². The standard InChI is InChI=1S/C12H13F2N5O/c1-19-7-16-18-10(19)5-15-6-11(20)17-12-8(13)3-2-4-9(12)14/h2-4,7,15H,5-6H2,1H3,(H,17,20). The Morgan fingerprint density at radius 1 is 1.35 bits per heavy atom. The number of hydrogen-bond acceptors (Lipinski definition) is 4. The molecule has 1 aromatic carbocycles. The Kier molecular flexibility index (Phi) is 4.36. The quantitative estimate of drug-likeness (QED) is 0.851. The Bertz CT molecular complexity index is 593. The predicted molar refractivity (Wildman–Crippen MR) is 67.7 cm³/mol. The molecule has 0 spiro atoms. The number of carbonyl (C=O) groups excluding carboxylic acids is 1. The monoisotopic (exact) mass is 281 g/mol. The second kappa shape index (κ2) is 6.20. The lowest BCUT2D eigenvalue weighted by molar-refractivity contribution is -0.115. The summed E-state index contributed by atoms with van der Waals surface area (Å²) in [6, 6.07) is 3.38. The molecule has 0 aliphatic carbocycles. The van der Waals surface area contributed by atoms with Gasteiger partial charge in [0.05, 0.1) is 13.1 Å². The van der Waals surface area contributed by atoms with Crippen LogP contribution in [0.3, 0.4) is 0 Å². The van der Waals surface area contributed by atoms with Crippen molar-refractivity contribution in [2.75, 3.05) is 11.9 Å². The summed E-state index contributed by atoms with van der Waals surface area (Å²) in [5.41, 5.74) is -0.446. The lowest BCUT2D eigenvalue weighted by Gasteiger charge is -2.08. The van der Waals surface area contributed by atoms with Crippen molar-refractivity contribution in [1.29, 1.82) is 0 Å². The predicted octanol–water partition coefficient (Wildman–Crippen LogP) is 0.822. The highest BCUT2D eigenvalue weighted by Crippen LogP contribution is 2.17.